The van der Waals surface area contributed by atoms with E-state index in [1.807, 2.05) is 0 Å². The highest BCUT2D eigenvalue weighted by atomic mass is 16.3. The number of β-amino-alcohol motifs (C(OH)–C–C–N with tert-alkyl or cyclic N) is 1. The van der Waals surface area contributed by atoms with Gasteiger partial charge in [-0.1, -0.05) is 24.3 Å². The molecule has 3 N–H and O–H groups in total. The van der Waals surface area contributed by atoms with Gasteiger partial charge < -0.3 is 15.7 Å². The fourth-order valence-electron chi connectivity index (χ4n) is 4.78. The number of hydrogen-bond acceptors (Lipinski definition) is 4. The Hall–Kier alpha value is -0.940. The molecule has 4 nitrogen and oxygen atoms in total. The number of nitrogens with one attached hydrogen (secondary N) is 2. The lowest BCUT2D eigenvalue weighted by molar-refractivity contribution is 0.174. The van der Waals surface area contributed by atoms with E-state index in [1.54, 1.807) is 0 Å². The monoisotopic (exact) mass is 329 g/mol. The van der Waals surface area contributed by atoms with Crippen LogP contribution in [0.4, 0.5) is 0 Å². The van der Waals surface area contributed by atoms with Crippen molar-refractivity contribution in [2.24, 2.45) is 5.92 Å². The third kappa shape index (κ3) is 3.83. The molecule has 0 radical (unpaired) electrons. The number of hydrogen-bond donors (Lipinski definition) is 3. The van der Waals surface area contributed by atoms with Crippen molar-refractivity contribution in [1.29, 1.82) is 0 Å². The molecule has 4 rings (SSSR count). The first-order valence-corrected chi connectivity index (χ1v) is 9.72. The number of nitrogens with zero attached hydrogens (tertiary/aromatic N) is 1. The molecule has 1 aliphatic carbocycles. The molecule has 0 amide bonds. The minimum absolute atomic E-state index is 0.136. The Kier molecular flexibility index (Phi) is 5.18. The summed E-state index contributed by atoms with van der Waals surface area (Å²) in [7, 11) is 0. The predicted octanol–water partition coefficient (Wildman–Crippen LogP) is 1.87. The highest BCUT2D eigenvalue weighted by molar-refractivity contribution is 5.27. The number of likely N-dealkylation sites (tertiary alicyclic amines) is 1. The van der Waals surface area contributed by atoms with Crippen LogP contribution < -0.4 is 10.6 Å². The van der Waals surface area contributed by atoms with Crippen LogP contribution in [0.1, 0.15) is 43.2 Å². The smallest absolute Gasteiger partial charge is 0.0679 e. The molecule has 0 aromatic heterocycles. The van der Waals surface area contributed by atoms with Crippen molar-refractivity contribution in [3.05, 3.63) is 35.4 Å². The second kappa shape index (κ2) is 7.52. The molecular formula is C20H31N3O. The molecule has 2 aliphatic heterocycles. The summed E-state index contributed by atoms with van der Waals surface area (Å²) in [6.07, 6.45) is 6.20. The second-order valence-corrected chi connectivity index (χ2v) is 7.96. The number of piperidine rings is 1. The minimum atomic E-state index is -0.136. The Labute approximate surface area is 145 Å². The van der Waals surface area contributed by atoms with Gasteiger partial charge in [0.05, 0.1) is 6.10 Å². The van der Waals surface area contributed by atoms with E-state index in [0.29, 0.717) is 12.1 Å². The summed E-state index contributed by atoms with van der Waals surface area (Å²) in [5.41, 5.74) is 2.82. The van der Waals surface area contributed by atoms with Gasteiger partial charge in [0.25, 0.3) is 0 Å². The molecule has 2 bridgehead atoms. The van der Waals surface area contributed by atoms with Crippen molar-refractivity contribution in [2.45, 2.75) is 63.4 Å². The molecule has 4 atom stereocenters. The summed E-state index contributed by atoms with van der Waals surface area (Å²) in [6, 6.07) is 10.1. The minimum Gasteiger partial charge on any atom is -0.392 e. The lowest BCUT2D eigenvalue weighted by Crippen LogP contribution is -2.54. The van der Waals surface area contributed by atoms with Crippen LogP contribution in [0.3, 0.4) is 0 Å². The zero-order chi connectivity index (χ0) is 16.4. The largest absolute Gasteiger partial charge is 0.392 e. The first-order valence-electron chi connectivity index (χ1n) is 9.72. The predicted molar refractivity (Wildman–Crippen MR) is 96.7 cm³/mol. The highest BCUT2D eigenvalue weighted by Crippen LogP contribution is 2.30. The van der Waals surface area contributed by atoms with Crippen molar-refractivity contribution in [3.8, 4) is 0 Å². The molecule has 0 spiro atoms. The molecule has 132 valence electrons. The van der Waals surface area contributed by atoms with Gasteiger partial charge in [-0.05, 0) is 55.7 Å². The molecule has 3 aliphatic rings. The van der Waals surface area contributed by atoms with Crippen LogP contribution in [0.5, 0.6) is 0 Å². The lowest BCUT2D eigenvalue weighted by atomic mass is 9.78. The van der Waals surface area contributed by atoms with Crippen LogP contribution in [-0.4, -0.2) is 47.8 Å². The van der Waals surface area contributed by atoms with Gasteiger partial charge in [0.1, 0.15) is 0 Å². The Morgan fingerprint density at radius 3 is 2.83 bits per heavy atom. The maximum Gasteiger partial charge on any atom is 0.0679 e. The number of benzene rings is 1. The Morgan fingerprint density at radius 2 is 2.00 bits per heavy atom. The van der Waals surface area contributed by atoms with E-state index in [4.69, 9.17) is 0 Å². The van der Waals surface area contributed by atoms with Gasteiger partial charge in [0, 0.05) is 38.3 Å². The molecule has 1 aromatic carbocycles. The summed E-state index contributed by atoms with van der Waals surface area (Å²) in [5.74, 6) is 0.961. The molecule has 1 aromatic rings. The van der Waals surface area contributed by atoms with Gasteiger partial charge in [0.2, 0.25) is 0 Å². The molecule has 4 unspecified atom stereocenters. The lowest BCUT2D eigenvalue weighted by Gasteiger charge is -2.41. The molecule has 2 saturated heterocycles. The van der Waals surface area contributed by atoms with Crippen LogP contribution in [-0.2, 0) is 13.1 Å². The molecule has 4 heteroatoms. The average molecular weight is 329 g/mol. The molecule has 24 heavy (non-hydrogen) atoms. The van der Waals surface area contributed by atoms with E-state index in [-0.39, 0.29) is 6.10 Å². The van der Waals surface area contributed by atoms with E-state index in [0.717, 1.165) is 38.5 Å². The van der Waals surface area contributed by atoms with E-state index in [1.165, 1.54) is 43.4 Å². The van der Waals surface area contributed by atoms with E-state index in [9.17, 15) is 5.11 Å². The van der Waals surface area contributed by atoms with Crippen LogP contribution in [0.15, 0.2) is 24.3 Å². The van der Waals surface area contributed by atoms with Gasteiger partial charge in [-0.25, -0.2) is 0 Å². The van der Waals surface area contributed by atoms with Crippen molar-refractivity contribution < 1.29 is 5.11 Å². The number of aliphatic hydroxyl groups is 1. The van der Waals surface area contributed by atoms with Crippen molar-refractivity contribution in [2.75, 3.05) is 19.6 Å². The fraction of sp³-hybridized carbons (Fsp3) is 0.700. The van der Waals surface area contributed by atoms with Crippen molar-refractivity contribution >= 4 is 0 Å². The van der Waals surface area contributed by atoms with Crippen LogP contribution in [0, 0.1) is 5.92 Å². The summed E-state index contributed by atoms with van der Waals surface area (Å²) in [6.45, 7) is 4.95. The molecular weight excluding hydrogens is 298 g/mol. The van der Waals surface area contributed by atoms with Gasteiger partial charge in [-0.3, -0.25) is 4.90 Å². The molecule has 2 heterocycles. The average Bonchev–Trinajstić information content (AvgIpc) is 3.01. The van der Waals surface area contributed by atoms with E-state index >= 15 is 0 Å². The third-order valence-corrected chi connectivity index (χ3v) is 6.23. The van der Waals surface area contributed by atoms with Gasteiger partial charge in [-0.2, -0.15) is 0 Å². The van der Waals surface area contributed by atoms with Crippen molar-refractivity contribution in [1.82, 2.24) is 15.5 Å². The maximum atomic E-state index is 9.74. The Bertz CT molecular complexity index is 549. The summed E-state index contributed by atoms with van der Waals surface area (Å²) < 4.78 is 0. The van der Waals surface area contributed by atoms with E-state index in [2.05, 4.69) is 39.8 Å². The third-order valence-electron chi connectivity index (χ3n) is 6.23. The van der Waals surface area contributed by atoms with Gasteiger partial charge >= 0.3 is 0 Å². The molecule has 3 fully saturated rings. The van der Waals surface area contributed by atoms with Gasteiger partial charge in [-0.15, -0.1) is 0 Å². The number of rotatable bonds is 5. The highest BCUT2D eigenvalue weighted by Gasteiger charge is 2.32. The Balaban J connectivity index is 1.36. The SMILES string of the molecule is OC1CCN(Cc2ccccc2CNC2CCC3CCNC2C3)C1. The maximum absolute atomic E-state index is 9.74. The number of fused-ring (bicyclic) bond motifs is 2. The fourth-order valence-corrected chi connectivity index (χ4v) is 4.78. The summed E-state index contributed by atoms with van der Waals surface area (Å²) in [5, 5.41) is 17.3. The summed E-state index contributed by atoms with van der Waals surface area (Å²) >= 11 is 0. The van der Waals surface area contributed by atoms with E-state index < -0.39 is 0 Å². The second-order valence-electron chi connectivity index (χ2n) is 7.96. The topological polar surface area (TPSA) is 47.5 Å². The zero-order valence-corrected chi connectivity index (χ0v) is 14.6. The van der Waals surface area contributed by atoms with Crippen LogP contribution in [0.2, 0.25) is 0 Å². The van der Waals surface area contributed by atoms with Gasteiger partial charge in [0.15, 0.2) is 0 Å². The summed E-state index contributed by atoms with van der Waals surface area (Å²) in [4.78, 5) is 2.37. The number of aliphatic hydroxyl groups excluding tert-OH is 1. The standard InChI is InChI=1S/C20H31N3O/c24-18-8-10-23(14-18)13-17-4-2-1-3-16(17)12-22-19-6-5-15-7-9-21-20(19)11-15/h1-4,15,18-22,24H,5-14H2. The first kappa shape index (κ1) is 16.5. The van der Waals surface area contributed by atoms with Crippen molar-refractivity contribution in [3.63, 3.8) is 0 Å². The first-order chi connectivity index (χ1) is 11.8. The van der Waals surface area contributed by atoms with Crippen LogP contribution >= 0.6 is 0 Å². The van der Waals surface area contributed by atoms with Crippen LogP contribution in [0.25, 0.3) is 0 Å². The normalized spacial score (nSPS) is 33.7. The zero-order valence-electron chi connectivity index (χ0n) is 14.6. The Morgan fingerprint density at radius 1 is 1.12 bits per heavy atom. The quantitative estimate of drug-likeness (QED) is 0.772. The molecule has 1 saturated carbocycles.